The van der Waals surface area contributed by atoms with Gasteiger partial charge in [0, 0.05) is 76.3 Å². The number of aliphatic hydroxyl groups excluding tert-OH is 1. The zero-order chi connectivity index (χ0) is 112. The van der Waals surface area contributed by atoms with Gasteiger partial charge in [-0.05, 0) is 120 Å². The molecule has 5 rings (SSSR count). The summed E-state index contributed by atoms with van der Waals surface area (Å²) < 4.78 is 0. The molecule has 18 unspecified atom stereocenters. The van der Waals surface area contributed by atoms with Crippen molar-refractivity contribution in [2.45, 2.75) is 324 Å². The summed E-state index contributed by atoms with van der Waals surface area (Å²) in [5.74, 6) is -26.2. The van der Waals surface area contributed by atoms with Gasteiger partial charge >= 0.3 is 47.8 Å². The first kappa shape index (κ1) is 128. The molecule has 0 saturated carbocycles. The van der Waals surface area contributed by atoms with E-state index < -0.39 is 284 Å². The largest absolute Gasteiger partial charge is 0.481 e. The standard InChI is InChI=1S/C52H75N11O21.C42H71N9O12S2/c1-23(2)15-29(54-43(74)26(6)53-44(75)31(18-38(65)66)59-50(81)37-13-14-62-22-36(51(82)63(37)62)61-42(73)25(5)27(7)64)45(76)56-33(20-40(69)70)48(79)58-32(19-39(67)68)47(78)55-30(17-28-11-9-8-10-12-28)46(77)57-34(21-41(71)72)49(80)60-35(52(83)84)16-24(3)4;1-25(2)36(41(62)48-28(23-35(57)58)40(61)47-27(19-22-64-4)38(59)43-3)50-39(60)26(17-18-34(55)56)46-33(54)16-8-6-12-21-44-31(52)14-7-5-11-20-45-32(53)15-10-9-13-30-37-29(24-65-30)49-42(63)51-37/h8-12,23-27,29-37,64H,13-22H2,1-7H3,(H,53,75)(H,54,74)(H,55,78)(H,56,76)(H,57,77)(H,58,79)(H,59,81)(H,60,80)(H,61,73)(H,65,66)(H,67,68)(H,69,70)(H,71,72)(H,83,84);25-30,36-37H,5-24H2,1-4H3,(H,43,59)(H,44,52)(H,45,53)(H,46,54)(H,47,61)(H,48,62)(H,50,60)(H,55,56)(H,57,58)(H2,49,51,63)/t;26?,27?,28?,29?,30-,36?,37?/m.1/s1. The van der Waals surface area contributed by atoms with Gasteiger partial charge in [0.15, 0.2) is 0 Å². The molecule has 19 atom stereocenters. The average Bonchev–Trinajstić information content (AvgIpc) is 1.61. The van der Waals surface area contributed by atoms with Gasteiger partial charge < -0.3 is 137 Å². The lowest BCUT2D eigenvalue weighted by Gasteiger charge is -2.28. The van der Waals surface area contributed by atoms with Crippen LogP contribution in [-0.4, -0.2) is 358 Å². The van der Waals surface area contributed by atoms with Gasteiger partial charge in [-0.3, -0.25) is 115 Å². The van der Waals surface area contributed by atoms with E-state index in [0.717, 1.165) is 49.8 Å². The molecular formula is C94H146N20O33S2. The van der Waals surface area contributed by atoms with Crippen LogP contribution in [0.3, 0.4) is 0 Å². The maximum atomic E-state index is 14.0. The summed E-state index contributed by atoms with van der Waals surface area (Å²) in [5.41, 5.74) is 0.359. The Balaban J connectivity index is 0.000000641. The number of carboxylic acids is 7. The molecule has 26 N–H and O–H groups in total. The van der Waals surface area contributed by atoms with Crippen LogP contribution in [0.5, 0.6) is 0 Å². The fourth-order valence-corrected chi connectivity index (χ4v) is 18.1. The van der Waals surface area contributed by atoms with Gasteiger partial charge in [0.1, 0.15) is 84.6 Å². The number of amides is 19. The molecule has 0 aliphatic carbocycles. The van der Waals surface area contributed by atoms with Crippen LogP contribution in [0, 0.1) is 23.7 Å². The zero-order valence-electron chi connectivity index (χ0n) is 85.3. The minimum atomic E-state index is -2.14. The molecule has 0 bridgehead atoms. The van der Waals surface area contributed by atoms with E-state index in [2.05, 4.69) is 95.7 Å². The second-order valence-electron chi connectivity index (χ2n) is 37.9. The fraction of sp³-hybridized carbons (Fsp3) is 0.670. The molecule has 55 heteroatoms. The summed E-state index contributed by atoms with van der Waals surface area (Å²) >= 11 is 3.30. The molecule has 4 saturated heterocycles. The van der Waals surface area contributed by atoms with Crippen molar-refractivity contribution >= 4 is 172 Å². The second kappa shape index (κ2) is 65.3. The molecule has 1 aromatic carbocycles. The summed E-state index contributed by atoms with van der Waals surface area (Å²) in [7, 11) is 1.38. The number of rotatable bonds is 68. The monoisotopic (exact) mass is 2150 g/mol. The summed E-state index contributed by atoms with van der Waals surface area (Å²) in [6.45, 7) is 14.8. The number of aliphatic hydroxyl groups is 1. The molecular weight excluding hydrogens is 2000 g/mol. The number of fused-ring (bicyclic) bond motifs is 2. The first-order chi connectivity index (χ1) is 70.1. The third kappa shape index (κ3) is 46.8. The van der Waals surface area contributed by atoms with Crippen LogP contribution >= 0.6 is 23.5 Å². The summed E-state index contributed by atoms with van der Waals surface area (Å²) in [5, 5.41) is 124. The molecule has 4 aliphatic rings. The van der Waals surface area contributed by atoms with Crippen molar-refractivity contribution in [2.75, 3.05) is 51.0 Å². The number of hydrazine groups is 1. The van der Waals surface area contributed by atoms with E-state index in [0.29, 0.717) is 68.2 Å². The molecule has 832 valence electrons. The van der Waals surface area contributed by atoms with Gasteiger partial charge in [0.25, 0.3) is 5.91 Å². The molecule has 4 aliphatic heterocycles. The normalized spacial score (nSPS) is 18.2. The van der Waals surface area contributed by atoms with Gasteiger partial charge in [-0.1, -0.05) is 98.1 Å². The Bertz CT molecular complexity index is 4830. The van der Waals surface area contributed by atoms with Crippen LogP contribution in [0.1, 0.15) is 216 Å². The molecule has 0 radical (unpaired) electrons. The predicted molar refractivity (Wildman–Crippen MR) is 532 cm³/mol. The van der Waals surface area contributed by atoms with Gasteiger partial charge in [-0.25, -0.2) is 14.6 Å². The van der Waals surface area contributed by atoms with Crippen molar-refractivity contribution in [3.63, 3.8) is 0 Å². The van der Waals surface area contributed by atoms with Crippen molar-refractivity contribution in [1.82, 2.24) is 106 Å². The number of carboxylic acid groups (broad SMARTS) is 7. The van der Waals surface area contributed by atoms with Crippen molar-refractivity contribution < 1.29 is 161 Å². The summed E-state index contributed by atoms with van der Waals surface area (Å²) in [6.07, 6.45) is 1.61. The number of carbonyl (C=O) groups is 25. The van der Waals surface area contributed by atoms with Crippen molar-refractivity contribution in [3.8, 4) is 0 Å². The van der Waals surface area contributed by atoms with Crippen LogP contribution < -0.4 is 95.7 Å². The highest BCUT2D eigenvalue weighted by atomic mass is 32.2. The predicted octanol–water partition coefficient (Wildman–Crippen LogP) is -3.96. The van der Waals surface area contributed by atoms with Gasteiger partial charge in [0.05, 0.1) is 56.2 Å². The molecule has 149 heavy (non-hydrogen) atoms. The number of hydrogen-bond acceptors (Lipinski definition) is 29. The number of aliphatic carboxylic acids is 7. The van der Waals surface area contributed by atoms with E-state index in [4.69, 9.17) is 0 Å². The number of urea groups is 1. The van der Waals surface area contributed by atoms with Crippen LogP contribution in [0.2, 0.25) is 0 Å². The van der Waals surface area contributed by atoms with E-state index in [9.17, 15) is 161 Å². The first-order valence-corrected chi connectivity index (χ1v) is 51.8. The maximum Gasteiger partial charge on any atom is 0.326 e. The number of carbonyl (C=O) groups excluding carboxylic acids is 18. The Morgan fingerprint density at radius 1 is 0.443 bits per heavy atom. The summed E-state index contributed by atoms with van der Waals surface area (Å²) in [6, 6.07) is -14.1. The van der Waals surface area contributed by atoms with E-state index in [1.54, 1.807) is 59.7 Å². The lowest BCUT2D eigenvalue weighted by molar-refractivity contribution is -0.147. The number of nitrogens with one attached hydrogen (secondary N) is 18. The first-order valence-electron chi connectivity index (χ1n) is 49.3. The number of nitrogens with zero attached hydrogens (tertiary/aromatic N) is 2. The highest BCUT2D eigenvalue weighted by molar-refractivity contribution is 8.00. The lowest BCUT2D eigenvalue weighted by atomic mass is 10.0. The van der Waals surface area contributed by atoms with Crippen molar-refractivity contribution in [2.24, 2.45) is 23.7 Å². The molecule has 53 nitrogen and oxygen atoms in total. The van der Waals surface area contributed by atoms with Crippen LogP contribution in [0.25, 0.3) is 0 Å². The zero-order valence-corrected chi connectivity index (χ0v) is 86.9. The number of benzene rings is 1. The topological polar surface area (TPSA) is 812 Å². The lowest BCUT2D eigenvalue weighted by Crippen LogP contribution is -2.61. The fourth-order valence-electron chi connectivity index (χ4n) is 16.1. The minimum absolute atomic E-state index is 0.00857. The maximum absolute atomic E-state index is 14.0. The Kier molecular flexibility index (Phi) is 55.9. The number of thioether (sulfide) groups is 2. The smallest absolute Gasteiger partial charge is 0.326 e. The van der Waals surface area contributed by atoms with Crippen molar-refractivity contribution in [1.29, 1.82) is 0 Å². The molecule has 19 amide bonds. The van der Waals surface area contributed by atoms with E-state index in [1.165, 1.54) is 49.8 Å². The molecule has 4 heterocycles. The highest BCUT2D eigenvalue weighted by Crippen LogP contribution is 2.34. The Hall–Kier alpha value is -13.6. The third-order valence-corrected chi connectivity index (χ3v) is 26.4. The van der Waals surface area contributed by atoms with E-state index in [1.807, 2.05) is 18.0 Å². The quantitative estimate of drug-likeness (QED) is 0.0219. The molecule has 4 fully saturated rings. The van der Waals surface area contributed by atoms with E-state index in [-0.39, 0.29) is 87.5 Å². The SMILES string of the molecule is CC(C)CC(NC(=O)C(CC(=O)O)NC(=O)C(Cc1ccccc1)NC(=O)C(CC(=O)O)NC(=O)C(CC(=O)O)NC(=O)C(CC(C)C)NC(=O)C(C)NC(=O)C(CC(=O)O)NC(=O)C1CCN2CC(NC(=O)C(C)C(C)O)C(=O)N12)C(=O)O.CNC(=O)C(CCSC)NC(=O)C(CC(=O)O)NC(=O)C(NC(=O)C(CCC(=O)O)NC(=O)CCCCCNC(=O)CCCCCNC(=O)CCCC[C@H]1SCC2NC(=O)NC21)C(C)C. The van der Waals surface area contributed by atoms with Crippen LogP contribution in [0.15, 0.2) is 30.3 Å². The minimum Gasteiger partial charge on any atom is -0.481 e. The second-order valence-corrected chi connectivity index (χ2v) is 40.2. The number of likely N-dealkylation sites (N-methyl/N-ethyl adjacent to an activating group) is 1. The average molecular weight is 2150 g/mol. The Morgan fingerprint density at radius 2 is 0.879 bits per heavy atom. The van der Waals surface area contributed by atoms with E-state index >= 15 is 0 Å². The van der Waals surface area contributed by atoms with Crippen LogP contribution in [0.4, 0.5) is 4.79 Å². The molecule has 0 aromatic heterocycles. The summed E-state index contributed by atoms with van der Waals surface area (Å²) in [4.78, 5) is 320. The van der Waals surface area contributed by atoms with Gasteiger partial charge in [-0.15, -0.1) is 0 Å². The molecule has 0 spiro atoms. The Morgan fingerprint density at radius 3 is 1.36 bits per heavy atom. The Labute approximate surface area is 869 Å². The third-order valence-electron chi connectivity index (χ3n) is 24.2. The molecule has 1 aromatic rings. The van der Waals surface area contributed by atoms with Crippen LogP contribution in [-0.2, 0) is 121 Å². The van der Waals surface area contributed by atoms with Gasteiger partial charge in [0.2, 0.25) is 94.5 Å². The van der Waals surface area contributed by atoms with Gasteiger partial charge in [-0.2, -0.15) is 23.5 Å². The number of hydrogen-bond donors (Lipinski definition) is 26. The van der Waals surface area contributed by atoms with Crippen molar-refractivity contribution in [3.05, 3.63) is 35.9 Å². The number of unbranched alkanes of at least 4 members (excludes halogenated alkanes) is 5. The highest BCUT2D eigenvalue weighted by Gasteiger charge is 2.51.